The van der Waals surface area contributed by atoms with E-state index in [1.165, 1.54) is 17.7 Å². The van der Waals surface area contributed by atoms with Crippen LogP contribution < -0.4 is 11.1 Å². The first-order valence-electron chi connectivity index (χ1n) is 9.50. The first-order chi connectivity index (χ1) is 13.5. The number of hydrogen-bond acceptors (Lipinski definition) is 5. The van der Waals surface area contributed by atoms with Crippen molar-refractivity contribution in [2.24, 2.45) is 11.7 Å². The van der Waals surface area contributed by atoms with Gasteiger partial charge in [-0.1, -0.05) is 36.4 Å². The van der Waals surface area contributed by atoms with Gasteiger partial charge < -0.3 is 16.0 Å². The van der Waals surface area contributed by atoms with Gasteiger partial charge >= 0.3 is 0 Å². The lowest BCUT2D eigenvalue weighted by Crippen LogP contribution is -2.27. The van der Waals surface area contributed by atoms with E-state index >= 15 is 0 Å². The maximum absolute atomic E-state index is 12.4. The Hall–Kier alpha value is -2.77. The SMILES string of the molecule is Cc1ccc([N+](=O)[O-])cc1NC(=O)CCN1C[C@@H](CN)[C@H](c2ccccc2)C1. The Labute approximate surface area is 164 Å². The van der Waals surface area contributed by atoms with Crippen LogP contribution in [-0.2, 0) is 4.79 Å². The summed E-state index contributed by atoms with van der Waals surface area (Å²) < 4.78 is 0. The largest absolute Gasteiger partial charge is 0.330 e. The highest BCUT2D eigenvalue weighted by Crippen LogP contribution is 2.32. The summed E-state index contributed by atoms with van der Waals surface area (Å²) in [6.07, 6.45) is 0.334. The van der Waals surface area contributed by atoms with Gasteiger partial charge in [0.25, 0.3) is 5.69 Å². The summed E-state index contributed by atoms with van der Waals surface area (Å²) in [6, 6.07) is 14.8. The Morgan fingerprint density at radius 2 is 2.00 bits per heavy atom. The summed E-state index contributed by atoms with van der Waals surface area (Å²) in [6.45, 7) is 4.83. The number of non-ortho nitro benzene ring substituents is 1. The lowest BCUT2D eigenvalue weighted by Gasteiger charge is -2.17. The number of nitro groups is 1. The van der Waals surface area contributed by atoms with Crippen LogP contribution >= 0.6 is 0 Å². The molecule has 3 N–H and O–H groups in total. The van der Waals surface area contributed by atoms with Crippen LogP contribution in [0.25, 0.3) is 0 Å². The van der Waals surface area contributed by atoms with E-state index in [4.69, 9.17) is 5.73 Å². The number of nitro benzene ring substituents is 1. The molecule has 2 aromatic carbocycles. The van der Waals surface area contributed by atoms with Crippen LogP contribution in [0.3, 0.4) is 0 Å². The number of carbonyl (C=O) groups is 1. The van der Waals surface area contributed by atoms with Crippen LogP contribution in [0.1, 0.15) is 23.5 Å². The van der Waals surface area contributed by atoms with E-state index in [9.17, 15) is 14.9 Å². The average molecular weight is 382 g/mol. The zero-order valence-corrected chi connectivity index (χ0v) is 16.0. The number of nitrogens with one attached hydrogen (secondary N) is 1. The van der Waals surface area contributed by atoms with Gasteiger partial charge in [-0.2, -0.15) is 0 Å². The monoisotopic (exact) mass is 382 g/mol. The Morgan fingerprint density at radius 3 is 2.68 bits per heavy atom. The van der Waals surface area contributed by atoms with Gasteiger partial charge in [-0.25, -0.2) is 0 Å². The fourth-order valence-electron chi connectivity index (χ4n) is 3.79. The van der Waals surface area contributed by atoms with E-state index in [0.717, 1.165) is 18.7 Å². The Kier molecular flexibility index (Phi) is 6.38. The lowest BCUT2D eigenvalue weighted by atomic mass is 9.89. The van der Waals surface area contributed by atoms with Crippen LogP contribution in [0, 0.1) is 23.0 Å². The Bertz CT molecular complexity index is 841. The van der Waals surface area contributed by atoms with E-state index < -0.39 is 4.92 Å². The number of likely N-dealkylation sites (tertiary alicyclic amines) is 1. The molecular formula is C21H26N4O3. The number of benzene rings is 2. The number of nitrogens with two attached hydrogens (primary N) is 1. The number of amides is 1. The standard InChI is InChI=1S/C21H26N4O3/c1-15-7-8-18(25(27)28)11-20(15)23-21(26)9-10-24-13-17(12-22)19(14-24)16-5-3-2-4-6-16/h2-8,11,17,19H,9-10,12-14,22H2,1H3,(H,23,26)/t17-,19+/m1/s1. The predicted octanol–water partition coefficient (Wildman–Crippen LogP) is 2.91. The topological polar surface area (TPSA) is 102 Å². The van der Waals surface area contributed by atoms with E-state index in [1.54, 1.807) is 6.07 Å². The van der Waals surface area contributed by atoms with Gasteiger partial charge in [-0.05, 0) is 30.5 Å². The molecule has 1 aliphatic rings. The summed E-state index contributed by atoms with van der Waals surface area (Å²) >= 11 is 0. The highest BCUT2D eigenvalue weighted by molar-refractivity contribution is 5.92. The molecule has 0 bridgehead atoms. The molecule has 7 nitrogen and oxygen atoms in total. The fraction of sp³-hybridized carbons (Fsp3) is 0.381. The van der Waals surface area contributed by atoms with Crippen molar-refractivity contribution in [3.05, 3.63) is 69.8 Å². The van der Waals surface area contributed by atoms with Gasteiger partial charge in [-0.3, -0.25) is 14.9 Å². The van der Waals surface area contributed by atoms with E-state index in [2.05, 4.69) is 22.3 Å². The number of aryl methyl sites for hydroxylation is 1. The maximum atomic E-state index is 12.4. The van der Waals surface area contributed by atoms with Crippen molar-refractivity contribution >= 4 is 17.3 Å². The number of rotatable bonds is 7. The molecule has 0 aliphatic carbocycles. The van der Waals surface area contributed by atoms with Crippen molar-refractivity contribution in [3.63, 3.8) is 0 Å². The minimum Gasteiger partial charge on any atom is -0.330 e. The zero-order chi connectivity index (χ0) is 20.1. The molecule has 148 valence electrons. The van der Waals surface area contributed by atoms with Crippen molar-refractivity contribution in [2.45, 2.75) is 19.3 Å². The summed E-state index contributed by atoms with van der Waals surface area (Å²) in [5.74, 6) is 0.619. The van der Waals surface area contributed by atoms with Gasteiger partial charge in [0.2, 0.25) is 5.91 Å². The van der Waals surface area contributed by atoms with Crippen LogP contribution in [0.2, 0.25) is 0 Å². The average Bonchev–Trinajstić information content (AvgIpc) is 3.12. The molecule has 2 atom stereocenters. The summed E-state index contributed by atoms with van der Waals surface area (Å²) in [4.78, 5) is 25.1. The second kappa shape index (κ2) is 8.95. The molecule has 1 heterocycles. The molecular weight excluding hydrogens is 356 g/mol. The van der Waals surface area contributed by atoms with Gasteiger partial charge in [0.15, 0.2) is 0 Å². The molecule has 1 fully saturated rings. The van der Waals surface area contributed by atoms with Crippen molar-refractivity contribution in [1.82, 2.24) is 4.90 Å². The molecule has 0 unspecified atom stereocenters. The first kappa shape index (κ1) is 20.0. The predicted molar refractivity (Wildman–Crippen MR) is 109 cm³/mol. The minimum absolute atomic E-state index is 0.0306. The third-order valence-corrected chi connectivity index (χ3v) is 5.41. The van der Waals surface area contributed by atoms with Crippen molar-refractivity contribution in [1.29, 1.82) is 0 Å². The van der Waals surface area contributed by atoms with Gasteiger partial charge in [-0.15, -0.1) is 0 Å². The smallest absolute Gasteiger partial charge is 0.271 e. The normalized spacial score (nSPS) is 19.5. The Morgan fingerprint density at radius 1 is 1.25 bits per heavy atom. The highest BCUT2D eigenvalue weighted by Gasteiger charge is 2.32. The summed E-state index contributed by atoms with van der Waals surface area (Å²) in [5, 5.41) is 13.7. The highest BCUT2D eigenvalue weighted by atomic mass is 16.6. The van der Waals surface area contributed by atoms with Gasteiger partial charge in [0, 0.05) is 44.1 Å². The molecule has 1 saturated heterocycles. The van der Waals surface area contributed by atoms with E-state index in [0.29, 0.717) is 37.0 Å². The van der Waals surface area contributed by atoms with Crippen LogP contribution in [0.15, 0.2) is 48.5 Å². The third kappa shape index (κ3) is 4.74. The molecule has 0 radical (unpaired) electrons. The number of anilines is 1. The molecule has 0 saturated carbocycles. The molecule has 28 heavy (non-hydrogen) atoms. The first-order valence-corrected chi connectivity index (χ1v) is 9.50. The quantitative estimate of drug-likeness (QED) is 0.566. The van der Waals surface area contributed by atoms with Crippen LogP contribution in [0.4, 0.5) is 11.4 Å². The minimum atomic E-state index is -0.462. The molecule has 7 heteroatoms. The summed E-state index contributed by atoms with van der Waals surface area (Å²) in [5.41, 5.74) is 8.52. The van der Waals surface area contributed by atoms with Crippen molar-refractivity contribution in [2.75, 3.05) is 31.5 Å². The molecule has 2 aromatic rings. The van der Waals surface area contributed by atoms with Gasteiger partial charge in [0.1, 0.15) is 0 Å². The number of nitrogens with zero attached hydrogens (tertiary/aromatic N) is 2. The zero-order valence-electron chi connectivity index (χ0n) is 16.0. The molecule has 1 amide bonds. The van der Waals surface area contributed by atoms with Crippen molar-refractivity contribution < 1.29 is 9.72 Å². The lowest BCUT2D eigenvalue weighted by molar-refractivity contribution is -0.384. The van der Waals surface area contributed by atoms with Crippen molar-refractivity contribution in [3.8, 4) is 0 Å². The third-order valence-electron chi connectivity index (χ3n) is 5.41. The summed E-state index contributed by atoms with van der Waals surface area (Å²) in [7, 11) is 0. The molecule has 3 rings (SSSR count). The molecule has 1 aliphatic heterocycles. The fourth-order valence-corrected chi connectivity index (χ4v) is 3.79. The molecule has 0 aromatic heterocycles. The molecule has 0 spiro atoms. The van der Waals surface area contributed by atoms with Crippen LogP contribution in [0.5, 0.6) is 0 Å². The number of hydrogen-bond donors (Lipinski definition) is 2. The second-order valence-electron chi connectivity index (χ2n) is 7.33. The van der Waals surface area contributed by atoms with Gasteiger partial charge in [0.05, 0.1) is 10.6 Å². The van der Waals surface area contributed by atoms with E-state index in [-0.39, 0.29) is 11.6 Å². The second-order valence-corrected chi connectivity index (χ2v) is 7.33. The number of carbonyl (C=O) groups excluding carboxylic acids is 1. The Balaban J connectivity index is 1.56. The van der Waals surface area contributed by atoms with Crippen LogP contribution in [-0.4, -0.2) is 41.9 Å². The van der Waals surface area contributed by atoms with E-state index in [1.807, 2.05) is 25.1 Å². The maximum Gasteiger partial charge on any atom is 0.271 e.